The molecule has 0 saturated heterocycles. The van der Waals surface area contributed by atoms with Crippen molar-refractivity contribution in [3.8, 4) is 0 Å². The summed E-state index contributed by atoms with van der Waals surface area (Å²) >= 11 is 0. The summed E-state index contributed by atoms with van der Waals surface area (Å²) in [5.41, 5.74) is 5.76. The third-order valence-electron chi connectivity index (χ3n) is 2.77. The minimum Gasteiger partial charge on any atom is -0.399 e. The standard InChI is InChI=1S/C12H20N2O3S/c1-3-12(2,15)9-14-18(16,17)8-10-4-6-11(13)7-5-10/h4-7,14-15H,3,8-9,13H2,1-2H3. The topological polar surface area (TPSA) is 92.4 Å². The van der Waals surface area contributed by atoms with Gasteiger partial charge in [-0.3, -0.25) is 0 Å². The first-order valence-corrected chi connectivity index (χ1v) is 7.43. The second kappa shape index (κ2) is 5.69. The van der Waals surface area contributed by atoms with Crippen LogP contribution in [-0.4, -0.2) is 25.7 Å². The Bertz CT molecular complexity index is 481. The molecule has 1 rings (SSSR count). The summed E-state index contributed by atoms with van der Waals surface area (Å²) in [6, 6.07) is 6.67. The molecule has 5 nitrogen and oxygen atoms in total. The largest absolute Gasteiger partial charge is 0.399 e. The van der Waals surface area contributed by atoms with Crippen LogP contribution in [0.3, 0.4) is 0 Å². The van der Waals surface area contributed by atoms with E-state index >= 15 is 0 Å². The van der Waals surface area contributed by atoms with E-state index in [4.69, 9.17) is 5.73 Å². The Kier molecular flexibility index (Phi) is 4.72. The summed E-state index contributed by atoms with van der Waals surface area (Å²) in [4.78, 5) is 0. The van der Waals surface area contributed by atoms with Crippen LogP contribution in [0, 0.1) is 0 Å². The molecular formula is C12H20N2O3S. The first-order chi connectivity index (χ1) is 8.24. The average Bonchev–Trinajstić information content (AvgIpc) is 2.30. The second-order valence-corrected chi connectivity index (χ2v) is 6.48. The SMILES string of the molecule is CCC(C)(O)CNS(=O)(=O)Cc1ccc(N)cc1. The first-order valence-electron chi connectivity index (χ1n) is 5.78. The van der Waals surface area contributed by atoms with Crippen LogP contribution in [0.5, 0.6) is 0 Å². The summed E-state index contributed by atoms with van der Waals surface area (Å²) in [5, 5.41) is 9.75. The molecule has 1 unspecified atom stereocenters. The van der Waals surface area contributed by atoms with Gasteiger partial charge < -0.3 is 10.8 Å². The summed E-state index contributed by atoms with van der Waals surface area (Å²) in [6.45, 7) is 3.41. The van der Waals surface area contributed by atoms with E-state index < -0.39 is 15.6 Å². The molecule has 0 amide bonds. The molecule has 1 atom stereocenters. The van der Waals surface area contributed by atoms with Crippen molar-refractivity contribution in [3.05, 3.63) is 29.8 Å². The number of benzene rings is 1. The quantitative estimate of drug-likeness (QED) is 0.669. The first kappa shape index (κ1) is 14.9. The molecule has 0 saturated carbocycles. The Labute approximate surface area is 108 Å². The Hall–Kier alpha value is -1.11. The smallest absolute Gasteiger partial charge is 0.215 e. The van der Waals surface area contributed by atoms with Crippen molar-refractivity contribution in [2.75, 3.05) is 12.3 Å². The van der Waals surface area contributed by atoms with Crippen LogP contribution >= 0.6 is 0 Å². The summed E-state index contributed by atoms with van der Waals surface area (Å²) in [5.74, 6) is -0.118. The van der Waals surface area contributed by atoms with Gasteiger partial charge in [0.05, 0.1) is 11.4 Å². The molecule has 1 aromatic rings. The highest BCUT2D eigenvalue weighted by atomic mass is 32.2. The molecule has 6 heteroatoms. The molecule has 0 radical (unpaired) electrons. The van der Waals surface area contributed by atoms with Crippen molar-refractivity contribution >= 4 is 15.7 Å². The Balaban J connectivity index is 2.63. The molecule has 0 spiro atoms. The molecule has 0 aromatic heterocycles. The maximum atomic E-state index is 11.8. The van der Waals surface area contributed by atoms with Gasteiger partial charge in [-0.2, -0.15) is 0 Å². The van der Waals surface area contributed by atoms with E-state index in [-0.39, 0.29) is 12.3 Å². The third-order valence-corrected chi connectivity index (χ3v) is 4.07. The van der Waals surface area contributed by atoms with Gasteiger partial charge in [0.2, 0.25) is 10.0 Å². The lowest BCUT2D eigenvalue weighted by Crippen LogP contribution is -2.40. The number of rotatable bonds is 6. The molecule has 0 heterocycles. The zero-order valence-corrected chi connectivity index (χ0v) is 11.5. The van der Waals surface area contributed by atoms with E-state index in [9.17, 15) is 13.5 Å². The van der Waals surface area contributed by atoms with Gasteiger partial charge in [0.25, 0.3) is 0 Å². The second-order valence-electron chi connectivity index (χ2n) is 4.67. The van der Waals surface area contributed by atoms with E-state index in [1.54, 1.807) is 38.1 Å². The summed E-state index contributed by atoms with van der Waals surface area (Å²) in [6.07, 6.45) is 0.484. The summed E-state index contributed by atoms with van der Waals surface area (Å²) in [7, 11) is -3.44. The highest BCUT2D eigenvalue weighted by Gasteiger charge is 2.21. The van der Waals surface area contributed by atoms with E-state index in [0.717, 1.165) is 0 Å². The van der Waals surface area contributed by atoms with E-state index in [1.165, 1.54) is 0 Å². The van der Waals surface area contributed by atoms with Crippen molar-refractivity contribution in [3.63, 3.8) is 0 Å². The monoisotopic (exact) mass is 272 g/mol. The van der Waals surface area contributed by atoms with Crippen LogP contribution in [0.2, 0.25) is 0 Å². The lowest BCUT2D eigenvalue weighted by atomic mass is 10.1. The fourth-order valence-corrected chi connectivity index (χ4v) is 2.54. The predicted molar refractivity (Wildman–Crippen MR) is 72.4 cm³/mol. The maximum absolute atomic E-state index is 11.8. The van der Waals surface area contributed by atoms with Crippen molar-refractivity contribution in [1.82, 2.24) is 4.72 Å². The van der Waals surface area contributed by atoms with Gasteiger partial charge in [-0.05, 0) is 31.0 Å². The highest BCUT2D eigenvalue weighted by molar-refractivity contribution is 7.88. The van der Waals surface area contributed by atoms with Gasteiger partial charge in [-0.25, -0.2) is 13.1 Å². The van der Waals surface area contributed by atoms with Crippen molar-refractivity contribution in [2.24, 2.45) is 0 Å². The molecule has 0 aliphatic carbocycles. The molecular weight excluding hydrogens is 252 g/mol. The van der Waals surface area contributed by atoms with Gasteiger partial charge in [0, 0.05) is 12.2 Å². The zero-order chi connectivity index (χ0) is 13.8. The molecule has 0 bridgehead atoms. The number of hydrogen-bond acceptors (Lipinski definition) is 4. The predicted octanol–water partition coefficient (Wildman–Crippen LogP) is 0.849. The van der Waals surface area contributed by atoms with Crippen LogP contribution in [-0.2, 0) is 15.8 Å². The number of hydrogen-bond donors (Lipinski definition) is 3. The van der Waals surface area contributed by atoms with Crippen LogP contribution in [0.1, 0.15) is 25.8 Å². The normalized spacial score (nSPS) is 15.3. The van der Waals surface area contributed by atoms with Gasteiger partial charge in [0.1, 0.15) is 0 Å². The fraction of sp³-hybridized carbons (Fsp3) is 0.500. The molecule has 0 aliphatic heterocycles. The maximum Gasteiger partial charge on any atom is 0.215 e. The molecule has 18 heavy (non-hydrogen) atoms. The van der Waals surface area contributed by atoms with Gasteiger partial charge in [-0.15, -0.1) is 0 Å². The van der Waals surface area contributed by atoms with Crippen molar-refractivity contribution < 1.29 is 13.5 Å². The zero-order valence-electron chi connectivity index (χ0n) is 10.7. The van der Waals surface area contributed by atoms with Crippen molar-refractivity contribution in [1.29, 1.82) is 0 Å². The minimum atomic E-state index is -3.44. The lowest BCUT2D eigenvalue weighted by molar-refractivity contribution is 0.0613. The van der Waals surface area contributed by atoms with E-state index in [0.29, 0.717) is 17.7 Å². The van der Waals surface area contributed by atoms with Crippen LogP contribution in [0.15, 0.2) is 24.3 Å². The third kappa shape index (κ3) is 5.03. The molecule has 1 aromatic carbocycles. The van der Waals surface area contributed by atoms with E-state index in [1.807, 2.05) is 0 Å². The Morgan fingerprint density at radius 3 is 2.39 bits per heavy atom. The fourth-order valence-electron chi connectivity index (χ4n) is 1.27. The molecule has 102 valence electrons. The highest BCUT2D eigenvalue weighted by Crippen LogP contribution is 2.10. The number of nitrogen functional groups attached to an aromatic ring is 1. The number of nitrogens with two attached hydrogens (primary N) is 1. The van der Waals surface area contributed by atoms with Crippen LogP contribution in [0.4, 0.5) is 5.69 Å². The van der Waals surface area contributed by atoms with Crippen molar-refractivity contribution in [2.45, 2.75) is 31.6 Å². The molecule has 0 aliphatic rings. The van der Waals surface area contributed by atoms with Gasteiger partial charge >= 0.3 is 0 Å². The average molecular weight is 272 g/mol. The Morgan fingerprint density at radius 2 is 1.89 bits per heavy atom. The van der Waals surface area contributed by atoms with E-state index in [2.05, 4.69) is 4.72 Å². The van der Waals surface area contributed by atoms with Gasteiger partial charge in [-0.1, -0.05) is 19.1 Å². The number of aliphatic hydroxyl groups is 1. The number of nitrogens with one attached hydrogen (secondary N) is 1. The van der Waals surface area contributed by atoms with Gasteiger partial charge in [0.15, 0.2) is 0 Å². The minimum absolute atomic E-state index is 0.0147. The van der Waals surface area contributed by atoms with Crippen LogP contribution < -0.4 is 10.5 Å². The number of anilines is 1. The molecule has 0 fully saturated rings. The number of sulfonamides is 1. The van der Waals surface area contributed by atoms with Crippen LogP contribution in [0.25, 0.3) is 0 Å². The lowest BCUT2D eigenvalue weighted by Gasteiger charge is -2.21. The Morgan fingerprint density at radius 1 is 1.33 bits per heavy atom. The summed E-state index contributed by atoms with van der Waals surface area (Å²) < 4.78 is 26.0. The molecule has 4 N–H and O–H groups in total.